The largest absolute Gasteiger partial charge is 0.494 e. The standard InChI is InChI=1S/C12H15NO/c1-12(2)7-9-5-4-6-10(14-3)11(9)13-8-12/h4-6,8H,7H2,1-3H3. The molecule has 1 aromatic rings. The van der Waals surface area contributed by atoms with Crippen molar-refractivity contribution in [3.63, 3.8) is 0 Å². The molecule has 2 nitrogen and oxygen atoms in total. The van der Waals surface area contributed by atoms with Crippen molar-refractivity contribution in [3.05, 3.63) is 23.8 Å². The molecule has 1 aliphatic rings. The summed E-state index contributed by atoms with van der Waals surface area (Å²) in [4.78, 5) is 4.47. The lowest BCUT2D eigenvalue weighted by Gasteiger charge is -2.25. The van der Waals surface area contributed by atoms with Gasteiger partial charge < -0.3 is 4.74 Å². The van der Waals surface area contributed by atoms with Gasteiger partial charge in [-0.15, -0.1) is 0 Å². The molecule has 0 fully saturated rings. The van der Waals surface area contributed by atoms with Gasteiger partial charge in [0.1, 0.15) is 11.4 Å². The molecule has 0 radical (unpaired) electrons. The highest BCUT2D eigenvalue weighted by molar-refractivity contribution is 5.76. The summed E-state index contributed by atoms with van der Waals surface area (Å²) in [5.74, 6) is 0.870. The second kappa shape index (κ2) is 3.12. The van der Waals surface area contributed by atoms with E-state index in [2.05, 4.69) is 24.9 Å². The summed E-state index contributed by atoms with van der Waals surface area (Å²) in [5, 5.41) is 0. The normalized spacial score (nSPS) is 17.6. The van der Waals surface area contributed by atoms with Crippen molar-refractivity contribution in [2.75, 3.05) is 7.11 Å². The predicted molar refractivity (Wildman–Crippen MR) is 58.6 cm³/mol. The fraction of sp³-hybridized carbons (Fsp3) is 0.417. The van der Waals surface area contributed by atoms with Gasteiger partial charge in [0.05, 0.1) is 7.11 Å². The molecule has 2 heteroatoms. The molecule has 1 heterocycles. The smallest absolute Gasteiger partial charge is 0.144 e. The van der Waals surface area contributed by atoms with E-state index in [1.807, 2.05) is 18.3 Å². The Morgan fingerprint density at radius 3 is 2.86 bits per heavy atom. The molecule has 0 atom stereocenters. The van der Waals surface area contributed by atoms with Crippen molar-refractivity contribution >= 4 is 11.9 Å². The summed E-state index contributed by atoms with van der Waals surface area (Å²) in [7, 11) is 1.69. The second-order valence-electron chi connectivity index (χ2n) is 4.39. The number of rotatable bonds is 1. The zero-order valence-electron chi connectivity index (χ0n) is 8.87. The van der Waals surface area contributed by atoms with Gasteiger partial charge in [-0.05, 0) is 18.1 Å². The fourth-order valence-electron chi connectivity index (χ4n) is 1.80. The van der Waals surface area contributed by atoms with Crippen LogP contribution in [0.1, 0.15) is 19.4 Å². The molecule has 0 unspecified atom stereocenters. The van der Waals surface area contributed by atoms with Gasteiger partial charge in [0.25, 0.3) is 0 Å². The van der Waals surface area contributed by atoms with E-state index < -0.39 is 0 Å². The van der Waals surface area contributed by atoms with Crippen LogP contribution in [-0.2, 0) is 6.42 Å². The van der Waals surface area contributed by atoms with Crippen molar-refractivity contribution < 1.29 is 4.74 Å². The summed E-state index contributed by atoms with van der Waals surface area (Å²) in [5.41, 5.74) is 2.44. The number of hydrogen-bond donors (Lipinski definition) is 0. The van der Waals surface area contributed by atoms with E-state index in [-0.39, 0.29) is 5.41 Å². The van der Waals surface area contributed by atoms with Crippen LogP contribution in [0.15, 0.2) is 23.2 Å². The molecular formula is C12H15NO. The molecule has 0 spiro atoms. The lowest BCUT2D eigenvalue weighted by molar-refractivity contribution is 0.414. The topological polar surface area (TPSA) is 21.6 Å². The number of nitrogens with zero attached hydrogens (tertiary/aromatic N) is 1. The van der Waals surface area contributed by atoms with Crippen LogP contribution in [0, 0.1) is 5.41 Å². The van der Waals surface area contributed by atoms with Crippen LogP contribution in [0.5, 0.6) is 5.75 Å². The summed E-state index contributed by atoms with van der Waals surface area (Å²) < 4.78 is 5.27. The van der Waals surface area contributed by atoms with E-state index >= 15 is 0 Å². The van der Waals surface area contributed by atoms with Crippen LogP contribution in [0.2, 0.25) is 0 Å². The first-order valence-electron chi connectivity index (χ1n) is 4.83. The van der Waals surface area contributed by atoms with Gasteiger partial charge in [0.15, 0.2) is 0 Å². The Kier molecular flexibility index (Phi) is 2.06. The van der Waals surface area contributed by atoms with Gasteiger partial charge in [-0.2, -0.15) is 0 Å². The van der Waals surface area contributed by atoms with Crippen LogP contribution in [-0.4, -0.2) is 13.3 Å². The Morgan fingerprint density at radius 2 is 2.14 bits per heavy atom. The van der Waals surface area contributed by atoms with Crippen molar-refractivity contribution in [2.24, 2.45) is 10.4 Å². The zero-order chi connectivity index (χ0) is 10.2. The Morgan fingerprint density at radius 1 is 1.36 bits per heavy atom. The molecule has 74 valence electrons. The summed E-state index contributed by atoms with van der Waals surface area (Å²) >= 11 is 0. The van der Waals surface area contributed by atoms with Gasteiger partial charge >= 0.3 is 0 Å². The SMILES string of the molecule is COc1cccc2c1N=CC(C)(C)C2. The molecule has 0 amide bonds. The van der Waals surface area contributed by atoms with Crippen molar-refractivity contribution in [1.29, 1.82) is 0 Å². The van der Waals surface area contributed by atoms with E-state index in [9.17, 15) is 0 Å². The maximum absolute atomic E-state index is 5.27. The average molecular weight is 189 g/mol. The Balaban J connectivity index is 2.50. The first kappa shape index (κ1) is 9.25. The van der Waals surface area contributed by atoms with E-state index in [4.69, 9.17) is 4.74 Å². The molecule has 0 saturated heterocycles. The van der Waals surface area contributed by atoms with Gasteiger partial charge in [-0.3, -0.25) is 4.99 Å². The van der Waals surface area contributed by atoms with Crippen LogP contribution in [0.25, 0.3) is 0 Å². The average Bonchev–Trinajstić information content (AvgIpc) is 2.15. The third-order valence-electron chi connectivity index (χ3n) is 2.49. The summed E-state index contributed by atoms with van der Waals surface area (Å²) in [6.45, 7) is 4.39. The predicted octanol–water partition coefficient (Wildman–Crippen LogP) is 2.98. The molecule has 0 aliphatic carbocycles. The van der Waals surface area contributed by atoms with Gasteiger partial charge in [0.2, 0.25) is 0 Å². The van der Waals surface area contributed by atoms with E-state index in [0.717, 1.165) is 17.9 Å². The fourth-order valence-corrected chi connectivity index (χ4v) is 1.80. The molecule has 0 aromatic heterocycles. The molecular weight excluding hydrogens is 174 g/mol. The molecule has 2 rings (SSSR count). The summed E-state index contributed by atoms with van der Waals surface area (Å²) in [6.07, 6.45) is 3.04. The van der Waals surface area contributed by atoms with Crippen LogP contribution in [0.4, 0.5) is 5.69 Å². The maximum Gasteiger partial charge on any atom is 0.144 e. The van der Waals surface area contributed by atoms with E-state index in [1.165, 1.54) is 5.56 Å². The lowest BCUT2D eigenvalue weighted by atomic mass is 9.84. The number of para-hydroxylation sites is 1. The third kappa shape index (κ3) is 1.52. The van der Waals surface area contributed by atoms with E-state index in [0.29, 0.717) is 0 Å². The maximum atomic E-state index is 5.27. The second-order valence-corrected chi connectivity index (χ2v) is 4.39. The minimum atomic E-state index is 0.166. The van der Waals surface area contributed by atoms with Gasteiger partial charge in [-0.1, -0.05) is 26.0 Å². The number of benzene rings is 1. The van der Waals surface area contributed by atoms with Crippen LogP contribution >= 0.6 is 0 Å². The minimum Gasteiger partial charge on any atom is -0.494 e. The molecule has 0 N–H and O–H groups in total. The molecule has 14 heavy (non-hydrogen) atoms. The minimum absolute atomic E-state index is 0.166. The Bertz CT molecular complexity index is 380. The highest BCUT2D eigenvalue weighted by Gasteiger charge is 2.23. The Labute approximate surface area is 84.6 Å². The third-order valence-corrected chi connectivity index (χ3v) is 2.49. The number of fused-ring (bicyclic) bond motifs is 1. The number of methoxy groups -OCH3 is 1. The van der Waals surface area contributed by atoms with Crippen LogP contribution in [0.3, 0.4) is 0 Å². The number of aliphatic imine (C=N–C) groups is 1. The highest BCUT2D eigenvalue weighted by Crippen LogP contribution is 2.38. The molecule has 0 bridgehead atoms. The molecule has 1 aromatic carbocycles. The van der Waals surface area contributed by atoms with Gasteiger partial charge in [-0.25, -0.2) is 0 Å². The first-order valence-corrected chi connectivity index (χ1v) is 4.83. The highest BCUT2D eigenvalue weighted by atomic mass is 16.5. The number of hydrogen-bond acceptors (Lipinski definition) is 2. The first-order chi connectivity index (χ1) is 6.62. The monoisotopic (exact) mass is 189 g/mol. The van der Waals surface area contributed by atoms with E-state index in [1.54, 1.807) is 7.11 Å². The van der Waals surface area contributed by atoms with Crippen molar-refractivity contribution in [3.8, 4) is 5.75 Å². The number of ether oxygens (including phenoxy) is 1. The summed E-state index contributed by atoms with van der Waals surface area (Å²) in [6, 6.07) is 6.10. The van der Waals surface area contributed by atoms with Crippen LogP contribution < -0.4 is 4.74 Å². The Hall–Kier alpha value is -1.31. The lowest BCUT2D eigenvalue weighted by Crippen LogP contribution is -2.19. The molecule has 0 saturated carbocycles. The quantitative estimate of drug-likeness (QED) is 0.665. The van der Waals surface area contributed by atoms with Crippen molar-refractivity contribution in [1.82, 2.24) is 0 Å². The van der Waals surface area contributed by atoms with Gasteiger partial charge in [0, 0.05) is 11.6 Å². The zero-order valence-corrected chi connectivity index (χ0v) is 8.87. The molecule has 1 aliphatic heterocycles. The van der Waals surface area contributed by atoms with Crippen molar-refractivity contribution in [2.45, 2.75) is 20.3 Å².